The van der Waals surface area contributed by atoms with Crippen molar-refractivity contribution in [3.8, 4) is 0 Å². The van der Waals surface area contributed by atoms with E-state index >= 15 is 0 Å². The molecule has 2 aromatic rings. The lowest BCUT2D eigenvalue weighted by molar-refractivity contribution is 0.0516. The van der Waals surface area contributed by atoms with Crippen LogP contribution in [-0.2, 0) is 20.8 Å². The second-order valence-electron chi connectivity index (χ2n) is 7.91. The number of hydrogen-bond acceptors (Lipinski definition) is 8. The molecule has 1 saturated heterocycles. The molecule has 0 radical (unpaired) electrons. The molecule has 1 aromatic heterocycles. The third-order valence-corrected chi connectivity index (χ3v) is 5.28. The van der Waals surface area contributed by atoms with Crippen LogP contribution in [0.5, 0.6) is 0 Å². The predicted molar refractivity (Wildman–Crippen MR) is 118 cm³/mol. The van der Waals surface area contributed by atoms with Crippen LogP contribution >= 0.6 is 0 Å². The van der Waals surface area contributed by atoms with Gasteiger partial charge in [-0.25, -0.2) is 9.59 Å². The molecule has 0 bridgehead atoms. The van der Waals surface area contributed by atoms with E-state index in [0.717, 1.165) is 5.56 Å². The Labute approximate surface area is 188 Å². The molecule has 32 heavy (non-hydrogen) atoms. The van der Waals surface area contributed by atoms with Gasteiger partial charge in [0.2, 0.25) is 0 Å². The van der Waals surface area contributed by atoms with E-state index < -0.39 is 12.1 Å². The minimum Gasteiger partial charge on any atom is -0.461 e. The highest BCUT2D eigenvalue weighted by Crippen LogP contribution is 2.28. The lowest BCUT2D eigenvalue weighted by Gasteiger charge is -2.37. The molecule has 1 aliphatic rings. The number of carbonyl (C=O) groups excluding carboxylic acids is 2. The summed E-state index contributed by atoms with van der Waals surface area (Å²) in [5.74, 6) is -0.0168. The van der Waals surface area contributed by atoms with Gasteiger partial charge in [-0.3, -0.25) is 0 Å². The Bertz CT molecular complexity index is 898. The van der Waals surface area contributed by atoms with Gasteiger partial charge in [0, 0.05) is 19.6 Å². The minimum absolute atomic E-state index is 0.0209. The average molecular weight is 446 g/mol. The van der Waals surface area contributed by atoms with Crippen molar-refractivity contribution in [3.05, 3.63) is 47.3 Å². The number of nitrogens with zero attached hydrogens (tertiary/aromatic N) is 2. The monoisotopic (exact) mass is 445 g/mol. The number of methoxy groups -OCH3 is 1. The fourth-order valence-corrected chi connectivity index (χ4v) is 3.60. The molecule has 9 nitrogen and oxygen atoms in total. The Kier molecular flexibility index (Phi) is 8.10. The Morgan fingerprint density at radius 2 is 2.00 bits per heavy atom. The topological polar surface area (TPSA) is 103 Å². The fraction of sp³-hybridized carbons (Fsp3) is 0.522. The lowest BCUT2D eigenvalue weighted by Crippen LogP contribution is -2.55. The number of aromatic nitrogens is 1. The average Bonchev–Trinajstić information content (AvgIpc) is 3.25. The van der Waals surface area contributed by atoms with E-state index in [9.17, 15) is 9.59 Å². The normalized spacial score (nSPS) is 18.5. The molecule has 1 fully saturated rings. The van der Waals surface area contributed by atoms with Crippen molar-refractivity contribution in [1.29, 1.82) is 0 Å². The molecular formula is C23H31N3O6. The fourth-order valence-electron chi connectivity index (χ4n) is 3.60. The molecule has 1 aliphatic heterocycles. The molecule has 0 spiro atoms. The summed E-state index contributed by atoms with van der Waals surface area (Å²) in [6, 6.07) is 9.63. The highest BCUT2D eigenvalue weighted by Gasteiger charge is 2.34. The Balaban J connectivity index is 1.62. The lowest BCUT2D eigenvalue weighted by atomic mass is 10.0. The van der Waals surface area contributed by atoms with Gasteiger partial charge in [0.15, 0.2) is 5.69 Å². The van der Waals surface area contributed by atoms with Crippen molar-refractivity contribution in [3.63, 3.8) is 0 Å². The minimum atomic E-state index is -0.493. The Hall–Kier alpha value is -3.07. The molecule has 3 rings (SSSR count). The van der Waals surface area contributed by atoms with Gasteiger partial charge >= 0.3 is 12.1 Å². The van der Waals surface area contributed by atoms with Crippen molar-refractivity contribution in [2.45, 2.75) is 51.9 Å². The summed E-state index contributed by atoms with van der Waals surface area (Å²) < 4.78 is 22.0. The summed E-state index contributed by atoms with van der Waals surface area (Å²) in [5, 5.41) is 2.89. The number of nitrogens with one attached hydrogen (secondary N) is 1. The Morgan fingerprint density at radius 1 is 1.25 bits per heavy atom. The summed E-state index contributed by atoms with van der Waals surface area (Å²) in [6.45, 7) is 7.10. The zero-order valence-corrected chi connectivity index (χ0v) is 19.0. The van der Waals surface area contributed by atoms with E-state index in [1.807, 2.05) is 49.1 Å². The van der Waals surface area contributed by atoms with Crippen LogP contribution in [0.15, 0.2) is 34.7 Å². The number of carbonyl (C=O) groups is 2. The summed E-state index contributed by atoms with van der Waals surface area (Å²) >= 11 is 0. The van der Waals surface area contributed by atoms with Crippen LogP contribution in [0, 0.1) is 0 Å². The Morgan fingerprint density at radius 3 is 2.66 bits per heavy atom. The van der Waals surface area contributed by atoms with Crippen LogP contribution in [0.3, 0.4) is 0 Å². The van der Waals surface area contributed by atoms with Crippen molar-refractivity contribution in [1.82, 2.24) is 10.3 Å². The van der Waals surface area contributed by atoms with E-state index in [0.29, 0.717) is 31.3 Å². The van der Waals surface area contributed by atoms with Crippen molar-refractivity contribution < 1.29 is 28.2 Å². The van der Waals surface area contributed by atoms with Gasteiger partial charge in [0.05, 0.1) is 25.3 Å². The number of anilines is 1. The molecule has 9 heteroatoms. The molecule has 0 saturated carbocycles. The van der Waals surface area contributed by atoms with E-state index in [1.165, 1.54) is 0 Å². The zero-order chi connectivity index (χ0) is 23.1. The van der Waals surface area contributed by atoms with Gasteiger partial charge in [-0.15, -0.1) is 0 Å². The molecule has 0 aliphatic carbocycles. The first-order valence-corrected chi connectivity index (χ1v) is 10.9. The van der Waals surface area contributed by atoms with E-state index in [-0.39, 0.29) is 37.0 Å². The van der Waals surface area contributed by atoms with Crippen LogP contribution < -0.4 is 10.2 Å². The van der Waals surface area contributed by atoms with Crippen molar-refractivity contribution in [2.75, 3.05) is 31.7 Å². The summed E-state index contributed by atoms with van der Waals surface area (Å²) in [6.07, 6.45) is -0.182. The third-order valence-electron chi connectivity index (χ3n) is 5.28. The van der Waals surface area contributed by atoms with Gasteiger partial charge in [0.25, 0.3) is 6.01 Å². The van der Waals surface area contributed by atoms with E-state index in [1.54, 1.807) is 14.0 Å². The second-order valence-corrected chi connectivity index (χ2v) is 7.91. The smallest absolute Gasteiger partial charge is 0.407 e. The van der Waals surface area contributed by atoms with Crippen LogP contribution in [-0.4, -0.2) is 56.0 Å². The SMILES string of the molecule is CCOC(=O)c1nc(N2CC[C@@H](NC(=O)OCc3ccccc3)[C@@H](OC)C2)oc1C(C)C. The molecule has 174 valence electrons. The van der Waals surface area contributed by atoms with Crippen molar-refractivity contribution in [2.24, 2.45) is 0 Å². The summed E-state index contributed by atoms with van der Waals surface area (Å²) in [7, 11) is 1.59. The first-order chi connectivity index (χ1) is 15.4. The van der Waals surface area contributed by atoms with Crippen LogP contribution in [0.25, 0.3) is 0 Å². The number of rotatable bonds is 8. The number of esters is 1. The predicted octanol–water partition coefficient (Wildman–Crippen LogP) is 3.49. The highest BCUT2D eigenvalue weighted by atomic mass is 16.5. The standard InChI is InChI=1S/C23H31N3O6/c1-5-30-21(27)19-20(15(2)3)32-22(25-19)26-12-11-17(18(13-26)29-4)24-23(28)31-14-16-9-7-6-8-10-16/h6-10,15,17-18H,5,11-14H2,1-4H3,(H,24,28)/t17-,18+/m1/s1. The molecule has 1 amide bonds. The third kappa shape index (κ3) is 5.79. The maximum absolute atomic E-state index is 12.3. The quantitative estimate of drug-likeness (QED) is 0.616. The second kappa shape index (κ2) is 11.0. The van der Waals surface area contributed by atoms with Gasteiger partial charge in [-0.05, 0) is 18.9 Å². The number of alkyl carbamates (subject to hydrolysis) is 1. The molecule has 1 aromatic carbocycles. The van der Waals surface area contributed by atoms with Gasteiger partial charge < -0.3 is 28.8 Å². The largest absolute Gasteiger partial charge is 0.461 e. The summed E-state index contributed by atoms with van der Waals surface area (Å²) in [4.78, 5) is 30.9. The molecular weight excluding hydrogens is 414 g/mol. The van der Waals surface area contributed by atoms with Crippen LogP contribution in [0.1, 0.15) is 54.9 Å². The molecule has 2 atom stereocenters. The first-order valence-electron chi connectivity index (χ1n) is 10.9. The zero-order valence-electron chi connectivity index (χ0n) is 19.0. The highest BCUT2D eigenvalue weighted by molar-refractivity contribution is 5.89. The van der Waals surface area contributed by atoms with Crippen LogP contribution in [0.4, 0.5) is 10.8 Å². The van der Waals surface area contributed by atoms with Crippen LogP contribution in [0.2, 0.25) is 0 Å². The number of oxazole rings is 1. The van der Waals surface area contributed by atoms with Crippen molar-refractivity contribution >= 4 is 18.1 Å². The number of benzene rings is 1. The molecule has 0 unspecified atom stereocenters. The van der Waals surface area contributed by atoms with Gasteiger partial charge in [0.1, 0.15) is 12.4 Å². The van der Waals surface area contributed by atoms with Gasteiger partial charge in [-0.1, -0.05) is 44.2 Å². The molecule has 1 N–H and O–H groups in total. The number of piperidine rings is 1. The number of amides is 1. The maximum atomic E-state index is 12.3. The first kappa shape index (κ1) is 23.6. The number of hydrogen-bond donors (Lipinski definition) is 1. The van der Waals surface area contributed by atoms with Gasteiger partial charge in [-0.2, -0.15) is 4.98 Å². The number of ether oxygens (including phenoxy) is 3. The van der Waals surface area contributed by atoms with E-state index in [2.05, 4.69) is 10.3 Å². The summed E-state index contributed by atoms with van der Waals surface area (Å²) in [5.41, 5.74) is 1.12. The molecule has 2 heterocycles. The maximum Gasteiger partial charge on any atom is 0.407 e. The van der Waals surface area contributed by atoms with E-state index in [4.69, 9.17) is 18.6 Å².